The summed E-state index contributed by atoms with van der Waals surface area (Å²) in [5.74, 6) is 0.733. The van der Waals surface area contributed by atoms with Crippen LogP contribution in [0.15, 0.2) is 146 Å². The van der Waals surface area contributed by atoms with E-state index in [0.29, 0.717) is 0 Å². The highest BCUT2D eigenvalue weighted by Gasteiger charge is 2.39. The van der Waals surface area contributed by atoms with Gasteiger partial charge in [0, 0.05) is 11.2 Å². The second-order valence-electron chi connectivity index (χ2n) is 12.4. The second kappa shape index (κ2) is 9.58. The van der Waals surface area contributed by atoms with Crippen LogP contribution in [0.2, 0.25) is 0 Å². The zero-order valence-corrected chi connectivity index (χ0v) is 25.4. The van der Waals surface area contributed by atoms with E-state index in [-0.39, 0.29) is 5.41 Å². The van der Waals surface area contributed by atoms with Gasteiger partial charge in [0.05, 0.1) is 0 Å². The van der Waals surface area contributed by atoms with Crippen molar-refractivity contribution in [1.82, 2.24) is 0 Å². The van der Waals surface area contributed by atoms with E-state index in [2.05, 4.69) is 153 Å². The summed E-state index contributed by atoms with van der Waals surface area (Å²) in [6.07, 6.45) is 0. The molecular weight excluding hydrogens is 549 g/mol. The molecular formula is C43H30S. The average Bonchev–Trinajstić information content (AvgIpc) is 3.34. The minimum Gasteiger partial charge on any atom is -0.178 e. The lowest BCUT2D eigenvalue weighted by atomic mass is 9.80. The molecule has 0 unspecified atom stereocenters. The summed E-state index contributed by atoms with van der Waals surface area (Å²) in [6, 6.07) is 54.0. The van der Waals surface area contributed by atoms with Crippen molar-refractivity contribution in [3.05, 3.63) is 157 Å². The first-order valence-corrected chi connectivity index (χ1v) is 16.0. The highest BCUT2D eigenvalue weighted by Crippen LogP contribution is 2.52. The maximum Gasteiger partial charge on any atom is 0.0275 e. The molecule has 0 spiro atoms. The first-order chi connectivity index (χ1) is 21.6. The minimum absolute atomic E-state index is 0.209. The Morgan fingerprint density at radius 1 is 0.409 bits per heavy atom. The van der Waals surface area contributed by atoms with Gasteiger partial charge < -0.3 is 0 Å². The van der Waals surface area contributed by atoms with Crippen molar-refractivity contribution in [2.45, 2.75) is 12.3 Å². The van der Waals surface area contributed by atoms with E-state index in [1.54, 1.807) is 0 Å². The molecule has 8 aromatic rings. The smallest absolute Gasteiger partial charge is 0.0275 e. The van der Waals surface area contributed by atoms with Crippen LogP contribution in [-0.4, -0.2) is 5.75 Å². The molecule has 0 nitrogen and oxygen atoms in total. The lowest BCUT2D eigenvalue weighted by Crippen LogP contribution is -2.22. The predicted molar refractivity (Wildman–Crippen MR) is 193 cm³/mol. The Labute approximate surface area is 263 Å². The van der Waals surface area contributed by atoms with E-state index in [9.17, 15) is 0 Å². The van der Waals surface area contributed by atoms with E-state index >= 15 is 0 Å². The van der Waals surface area contributed by atoms with Crippen LogP contribution < -0.4 is 0 Å². The molecule has 0 N–H and O–H groups in total. The molecule has 0 amide bonds. The molecule has 0 bridgehead atoms. The van der Waals surface area contributed by atoms with Crippen molar-refractivity contribution in [2.24, 2.45) is 0 Å². The molecule has 0 heterocycles. The van der Waals surface area contributed by atoms with Crippen molar-refractivity contribution in [2.75, 3.05) is 5.75 Å². The van der Waals surface area contributed by atoms with Crippen molar-refractivity contribution in [3.8, 4) is 33.4 Å². The van der Waals surface area contributed by atoms with Crippen LogP contribution in [0.1, 0.15) is 18.1 Å². The number of rotatable bonds is 3. The molecule has 1 heteroatoms. The van der Waals surface area contributed by atoms with Gasteiger partial charge in [-0.15, -0.1) is 0 Å². The molecule has 8 aromatic carbocycles. The molecule has 0 radical (unpaired) electrons. The summed E-state index contributed by atoms with van der Waals surface area (Å²) in [6.45, 7) is 2.37. The Kier molecular flexibility index (Phi) is 5.58. The summed E-state index contributed by atoms with van der Waals surface area (Å²) in [5.41, 5.74) is 10.2. The normalized spacial score (nSPS) is 13.5. The van der Waals surface area contributed by atoms with E-state index in [1.807, 2.05) is 0 Å². The largest absolute Gasteiger partial charge is 0.178 e. The van der Waals surface area contributed by atoms with E-state index in [1.165, 1.54) is 87.6 Å². The third-order valence-corrected chi connectivity index (χ3v) is 10.6. The molecule has 1 aliphatic rings. The van der Waals surface area contributed by atoms with Crippen LogP contribution in [0.3, 0.4) is 0 Å². The topological polar surface area (TPSA) is 0 Å². The Morgan fingerprint density at radius 3 is 1.23 bits per heavy atom. The number of fused-ring (bicyclic) bond motifs is 9. The number of hydrogen-bond donors (Lipinski definition) is 1. The Balaban J connectivity index is 1.23. The van der Waals surface area contributed by atoms with Crippen LogP contribution in [0.4, 0.5) is 0 Å². The van der Waals surface area contributed by atoms with Gasteiger partial charge in [-0.3, -0.25) is 0 Å². The zero-order valence-electron chi connectivity index (χ0n) is 24.5. The van der Waals surface area contributed by atoms with E-state index in [4.69, 9.17) is 12.6 Å². The van der Waals surface area contributed by atoms with Crippen LogP contribution in [0.5, 0.6) is 0 Å². The average molecular weight is 579 g/mol. The molecule has 0 aromatic heterocycles. The Bertz CT molecular complexity index is 2280. The summed E-state index contributed by atoms with van der Waals surface area (Å²) in [7, 11) is 0. The fourth-order valence-electron chi connectivity index (χ4n) is 7.71. The van der Waals surface area contributed by atoms with Crippen molar-refractivity contribution in [3.63, 3.8) is 0 Å². The fraction of sp³-hybridized carbons (Fsp3) is 0.0698. The summed E-state index contributed by atoms with van der Waals surface area (Å²) < 4.78 is 0. The van der Waals surface area contributed by atoms with Crippen molar-refractivity contribution < 1.29 is 0 Å². The monoisotopic (exact) mass is 578 g/mol. The standard InChI is InChI=1S/C43H30S/c1-43(26-44)41-24-29(39-22-27-10-2-4-12-31(27)33-14-6-8-16-35(33)39)18-20-37(41)38-21-19-30(25-42(38)43)40-23-28-11-3-5-13-32(28)34-15-7-9-17-36(34)40/h2-25,44H,26H2,1H3. The molecule has 1 aliphatic carbocycles. The van der Waals surface area contributed by atoms with Crippen LogP contribution in [0.25, 0.3) is 76.5 Å². The first kappa shape index (κ1) is 25.6. The molecule has 0 atom stereocenters. The van der Waals surface area contributed by atoms with Gasteiger partial charge in [0.25, 0.3) is 0 Å². The number of hydrogen-bond acceptors (Lipinski definition) is 1. The summed E-state index contributed by atoms with van der Waals surface area (Å²) in [5, 5.41) is 10.3. The SMILES string of the molecule is CC1(CS)c2cc(-c3cc4ccccc4c4ccccc34)ccc2-c2ccc(-c3cc4ccccc4c4ccccc34)cc21. The van der Waals surface area contributed by atoms with E-state index in [0.717, 1.165) is 5.75 Å². The molecule has 0 fully saturated rings. The van der Waals surface area contributed by atoms with Crippen molar-refractivity contribution >= 4 is 55.7 Å². The summed E-state index contributed by atoms with van der Waals surface area (Å²) >= 11 is 5.01. The van der Waals surface area contributed by atoms with Crippen molar-refractivity contribution in [1.29, 1.82) is 0 Å². The van der Waals surface area contributed by atoms with Crippen LogP contribution in [-0.2, 0) is 5.41 Å². The van der Waals surface area contributed by atoms with Gasteiger partial charge >= 0.3 is 0 Å². The molecule has 0 saturated carbocycles. The van der Waals surface area contributed by atoms with E-state index < -0.39 is 0 Å². The quantitative estimate of drug-likeness (QED) is 0.156. The summed E-state index contributed by atoms with van der Waals surface area (Å²) in [4.78, 5) is 0. The maximum absolute atomic E-state index is 5.01. The third-order valence-electron chi connectivity index (χ3n) is 9.99. The molecule has 0 aliphatic heterocycles. The highest BCUT2D eigenvalue weighted by molar-refractivity contribution is 7.80. The lowest BCUT2D eigenvalue weighted by molar-refractivity contribution is 0.675. The van der Waals surface area contributed by atoms with Gasteiger partial charge in [-0.1, -0.05) is 128 Å². The van der Waals surface area contributed by atoms with Crippen LogP contribution in [0, 0.1) is 0 Å². The molecule has 9 rings (SSSR count). The van der Waals surface area contributed by atoms with Gasteiger partial charge in [-0.2, -0.15) is 12.6 Å². The fourth-order valence-corrected chi connectivity index (χ4v) is 8.05. The molecule has 44 heavy (non-hydrogen) atoms. The Hall–Kier alpha value is -4.85. The predicted octanol–water partition coefficient (Wildman–Crippen LogP) is 11.8. The second-order valence-corrected chi connectivity index (χ2v) is 12.7. The molecule has 0 saturated heterocycles. The Morgan fingerprint density at radius 2 is 0.795 bits per heavy atom. The first-order valence-electron chi connectivity index (χ1n) is 15.4. The van der Waals surface area contributed by atoms with Gasteiger partial charge in [-0.25, -0.2) is 0 Å². The number of benzene rings is 8. The maximum atomic E-state index is 5.01. The highest BCUT2D eigenvalue weighted by atomic mass is 32.1. The van der Waals surface area contributed by atoms with Crippen LogP contribution >= 0.6 is 12.6 Å². The van der Waals surface area contributed by atoms with Gasteiger partial charge in [0.2, 0.25) is 0 Å². The molecule has 208 valence electrons. The zero-order chi connectivity index (χ0) is 29.4. The lowest BCUT2D eigenvalue weighted by Gasteiger charge is -2.26. The number of thiol groups is 1. The minimum atomic E-state index is -0.209. The third kappa shape index (κ3) is 3.60. The van der Waals surface area contributed by atoms with Gasteiger partial charge in [0.15, 0.2) is 0 Å². The van der Waals surface area contributed by atoms with Gasteiger partial charge in [-0.05, 0) is 112 Å². The van der Waals surface area contributed by atoms with Gasteiger partial charge in [0.1, 0.15) is 0 Å².